The van der Waals surface area contributed by atoms with Crippen LogP contribution in [0.15, 0.2) is 48.8 Å². The van der Waals surface area contributed by atoms with Crippen LogP contribution < -0.4 is 5.32 Å². The molecule has 3 aromatic heterocycles. The molecule has 0 radical (unpaired) electrons. The Morgan fingerprint density at radius 3 is 2.61 bits per heavy atom. The van der Waals surface area contributed by atoms with Crippen LogP contribution in [0.5, 0.6) is 0 Å². The van der Waals surface area contributed by atoms with Crippen LogP contribution in [-0.4, -0.2) is 30.5 Å². The molecule has 0 aliphatic heterocycles. The second-order valence-electron chi connectivity index (χ2n) is 6.56. The average molecular weight is 374 g/mol. The standard InChI is InChI=1S/C21H22N6O/c1-4-26-13-19(14(3)25-26)24-21(28)16-11-18(15-9-7-6-8-10-15)23-20-17(16)12-22-27(20)5-2/h6-13H,4-5H2,1-3H3,(H,24,28). The quantitative estimate of drug-likeness (QED) is 0.575. The number of carbonyl (C=O) groups is 1. The van der Waals surface area contributed by atoms with E-state index in [1.54, 1.807) is 15.6 Å². The van der Waals surface area contributed by atoms with Crippen molar-refractivity contribution in [3.8, 4) is 11.3 Å². The zero-order valence-electron chi connectivity index (χ0n) is 16.2. The van der Waals surface area contributed by atoms with Gasteiger partial charge in [0.2, 0.25) is 0 Å². The fourth-order valence-corrected chi connectivity index (χ4v) is 3.22. The summed E-state index contributed by atoms with van der Waals surface area (Å²) in [6.45, 7) is 7.32. The molecule has 1 amide bonds. The summed E-state index contributed by atoms with van der Waals surface area (Å²) >= 11 is 0. The Kier molecular flexibility index (Phi) is 4.65. The second kappa shape index (κ2) is 7.26. The minimum Gasteiger partial charge on any atom is -0.319 e. The summed E-state index contributed by atoms with van der Waals surface area (Å²) in [7, 11) is 0. The maximum atomic E-state index is 13.1. The van der Waals surface area contributed by atoms with Gasteiger partial charge in [0, 0.05) is 24.8 Å². The number of hydrogen-bond donors (Lipinski definition) is 1. The lowest BCUT2D eigenvalue weighted by molar-refractivity contribution is 0.102. The molecule has 0 atom stereocenters. The molecule has 142 valence electrons. The molecule has 7 heteroatoms. The van der Waals surface area contributed by atoms with Crippen LogP contribution in [0.25, 0.3) is 22.3 Å². The number of aromatic nitrogens is 5. The van der Waals surface area contributed by atoms with Crippen molar-refractivity contribution in [3.05, 3.63) is 60.0 Å². The molecule has 0 bridgehead atoms. The zero-order valence-corrected chi connectivity index (χ0v) is 16.2. The molecule has 1 aromatic carbocycles. The lowest BCUT2D eigenvalue weighted by Crippen LogP contribution is -2.13. The highest BCUT2D eigenvalue weighted by Crippen LogP contribution is 2.26. The van der Waals surface area contributed by atoms with Gasteiger partial charge in [-0.25, -0.2) is 9.67 Å². The molecular formula is C21H22N6O. The molecule has 0 saturated heterocycles. The summed E-state index contributed by atoms with van der Waals surface area (Å²) in [6, 6.07) is 11.7. The van der Waals surface area contributed by atoms with Gasteiger partial charge in [0.15, 0.2) is 5.65 Å². The van der Waals surface area contributed by atoms with Crippen molar-refractivity contribution in [1.82, 2.24) is 24.5 Å². The fourth-order valence-electron chi connectivity index (χ4n) is 3.22. The van der Waals surface area contributed by atoms with Gasteiger partial charge in [-0.05, 0) is 26.8 Å². The molecule has 0 unspecified atom stereocenters. The minimum atomic E-state index is -0.195. The number of anilines is 1. The monoisotopic (exact) mass is 374 g/mol. The minimum absolute atomic E-state index is 0.195. The summed E-state index contributed by atoms with van der Waals surface area (Å²) in [5.74, 6) is -0.195. The molecule has 4 rings (SSSR count). The van der Waals surface area contributed by atoms with E-state index in [-0.39, 0.29) is 5.91 Å². The van der Waals surface area contributed by atoms with Gasteiger partial charge >= 0.3 is 0 Å². The number of carbonyl (C=O) groups excluding carboxylic acids is 1. The third kappa shape index (κ3) is 3.15. The highest BCUT2D eigenvalue weighted by atomic mass is 16.1. The predicted octanol–water partition coefficient (Wildman–Crippen LogP) is 3.90. The van der Waals surface area contributed by atoms with Crippen LogP contribution in [0.2, 0.25) is 0 Å². The van der Waals surface area contributed by atoms with Crippen LogP contribution in [-0.2, 0) is 13.1 Å². The molecular weight excluding hydrogens is 352 g/mol. The molecule has 0 saturated carbocycles. The summed E-state index contributed by atoms with van der Waals surface area (Å²) in [5.41, 5.74) is 4.45. The van der Waals surface area contributed by atoms with E-state index in [1.807, 2.05) is 63.4 Å². The van der Waals surface area contributed by atoms with E-state index in [0.29, 0.717) is 23.4 Å². The van der Waals surface area contributed by atoms with E-state index in [2.05, 4.69) is 15.5 Å². The molecule has 4 aromatic rings. The predicted molar refractivity (Wildman–Crippen MR) is 109 cm³/mol. The van der Waals surface area contributed by atoms with Crippen molar-refractivity contribution < 1.29 is 4.79 Å². The van der Waals surface area contributed by atoms with Crippen molar-refractivity contribution >= 4 is 22.6 Å². The summed E-state index contributed by atoms with van der Waals surface area (Å²) in [4.78, 5) is 17.9. The zero-order chi connectivity index (χ0) is 19.7. The lowest BCUT2D eigenvalue weighted by Gasteiger charge is -2.09. The molecule has 3 heterocycles. The second-order valence-corrected chi connectivity index (χ2v) is 6.56. The SMILES string of the molecule is CCn1cc(NC(=O)c2cc(-c3ccccc3)nc3c2cnn3CC)c(C)n1. The Labute approximate surface area is 163 Å². The lowest BCUT2D eigenvalue weighted by atomic mass is 10.1. The van der Waals surface area contributed by atoms with E-state index < -0.39 is 0 Å². The molecule has 0 spiro atoms. The van der Waals surface area contributed by atoms with Gasteiger partial charge < -0.3 is 5.32 Å². The molecule has 0 fully saturated rings. The maximum Gasteiger partial charge on any atom is 0.256 e. The van der Waals surface area contributed by atoms with Crippen molar-refractivity contribution in [2.75, 3.05) is 5.32 Å². The molecule has 0 aliphatic carbocycles. The van der Waals surface area contributed by atoms with E-state index in [4.69, 9.17) is 4.98 Å². The number of nitrogens with zero attached hydrogens (tertiary/aromatic N) is 5. The Hall–Kier alpha value is -3.48. The van der Waals surface area contributed by atoms with E-state index in [1.165, 1.54) is 0 Å². The highest BCUT2D eigenvalue weighted by molar-refractivity contribution is 6.12. The Bertz CT molecular complexity index is 1140. The number of nitrogens with one attached hydrogen (secondary N) is 1. The maximum absolute atomic E-state index is 13.1. The number of pyridine rings is 1. The van der Waals surface area contributed by atoms with Gasteiger partial charge in [-0.2, -0.15) is 10.2 Å². The van der Waals surface area contributed by atoms with Gasteiger partial charge in [-0.15, -0.1) is 0 Å². The normalized spacial score (nSPS) is 11.1. The van der Waals surface area contributed by atoms with Crippen molar-refractivity contribution in [1.29, 1.82) is 0 Å². The number of amides is 1. The first-order valence-corrected chi connectivity index (χ1v) is 9.38. The summed E-state index contributed by atoms with van der Waals surface area (Å²) in [6.07, 6.45) is 3.55. The van der Waals surface area contributed by atoms with Gasteiger partial charge in [0.25, 0.3) is 5.91 Å². The van der Waals surface area contributed by atoms with Gasteiger partial charge in [-0.3, -0.25) is 9.48 Å². The number of aryl methyl sites for hydroxylation is 3. The van der Waals surface area contributed by atoms with E-state index in [0.717, 1.165) is 28.9 Å². The van der Waals surface area contributed by atoms with Crippen LogP contribution >= 0.6 is 0 Å². The largest absolute Gasteiger partial charge is 0.319 e. The topological polar surface area (TPSA) is 77.6 Å². The van der Waals surface area contributed by atoms with Crippen LogP contribution in [0.4, 0.5) is 5.69 Å². The van der Waals surface area contributed by atoms with Crippen molar-refractivity contribution in [2.45, 2.75) is 33.9 Å². The van der Waals surface area contributed by atoms with Gasteiger partial charge in [-0.1, -0.05) is 30.3 Å². The first kappa shape index (κ1) is 17.9. The summed E-state index contributed by atoms with van der Waals surface area (Å²) < 4.78 is 3.61. The molecule has 7 nitrogen and oxygen atoms in total. The first-order valence-electron chi connectivity index (χ1n) is 9.38. The number of hydrogen-bond acceptors (Lipinski definition) is 4. The van der Waals surface area contributed by atoms with E-state index in [9.17, 15) is 4.79 Å². The molecule has 1 N–H and O–H groups in total. The average Bonchev–Trinajstić information content (AvgIpc) is 3.30. The fraction of sp³-hybridized carbons (Fsp3) is 0.238. The number of fused-ring (bicyclic) bond motifs is 1. The summed E-state index contributed by atoms with van der Waals surface area (Å²) in [5, 5.41) is 12.5. The number of rotatable bonds is 5. The van der Waals surface area contributed by atoms with E-state index >= 15 is 0 Å². The third-order valence-corrected chi connectivity index (χ3v) is 4.74. The van der Waals surface area contributed by atoms with Crippen LogP contribution in [0.1, 0.15) is 29.9 Å². The van der Waals surface area contributed by atoms with Crippen LogP contribution in [0.3, 0.4) is 0 Å². The van der Waals surface area contributed by atoms with Gasteiger partial charge in [0.05, 0.1) is 34.2 Å². The van der Waals surface area contributed by atoms with Crippen LogP contribution in [0, 0.1) is 6.92 Å². The Balaban J connectivity index is 1.81. The highest BCUT2D eigenvalue weighted by Gasteiger charge is 2.18. The first-order chi connectivity index (χ1) is 13.6. The number of benzene rings is 1. The molecule has 0 aliphatic rings. The Morgan fingerprint density at radius 2 is 1.93 bits per heavy atom. The van der Waals surface area contributed by atoms with Crippen molar-refractivity contribution in [2.24, 2.45) is 0 Å². The smallest absolute Gasteiger partial charge is 0.256 e. The van der Waals surface area contributed by atoms with Gasteiger partial charge in [0.1, 0.15) is 0 Å². The Morgan fingerprint density at radius 1 is 1.14 bits per heavy atom. The molecule has 28 heavy (non-hydrogen) atoms. The third-order valence-electron chi connectivity index (χ3n) is 4.74. The van der Waals surface area contributed by atoms with Crippen molar-refractivity contribution in [3.63, 3.8) is 0 Å².